The first-order valence-electron chi connectivity index (χ1n) is 6.89. The molecule has 1 saturated carbocycles. The maximum atomic E-state index is 6.20. The molecule has 0 bridgehead atoms. The minimum absolute atomic E-state index is 0.0254. The Balaban J connectivity index is 1.80. The lowest BCUT2D eigenvalue weighted by molar-refractivity contribution is 0.138. The summed E-state index contributed by atoms with van der Waals surface area (Å²) in [7, 11) is 1.69. The van der Waals surface area contributed by atoms with Crippen molar-refractivity contribution in [3.8, 4) is 11.5 Å². The SMILES string of the molecule is COc1c(CC2(N)CC2)cccc1OC1CCOC1. The molecule has 4 nitrogen and oxygen atoms in total. The minimum Gasteiger partial charge on any atom is -0.493 e. The van der Waals surface area contributed by atoms with Crippen molar-refractivity contribution in [2.75, 3.05) is 20.3 Å². The van der Waals surface area contributed by atoms with Crippen LogP contribution in [0, 0.1) is 0 Å². The quantitative estimate of drug-likeness (QED) is 0.881. The topological polar surface area (TPSA) is 53.7 Å². The third-order valence-corrected chi connectivity index (χ3v) is 3.88. The van der Waals surface area contributed by atoms with Crippen molar-refractivity contribution in [1.82, 2.24) is 0 Å². The molecule has 0 spiro atoms. The second kappa shape index (κ2) is 5.02. The van der Waals surface area contributed by atoms with E-state index in [0.717, 1.165) is 49.4 Å². The summed E-state index contributed by atoms with van der Waals surface area (Å²) in [6.45, 7) is 1.44. The highest BCUT2D eigenvalue weighted by Crippen LogP contribution is 2.40. The minimum atomic E-state index is -0.0254. The molecule has 2 N–H and O–H groups in total. The van der Waals surface area contributed by atoms with Gasteiger partial charge in [0.15, 0.2) is 11.5 Å². The van der Waals surface area contributed by atoms with Crippen LogP contribution in [0.3, 0.4) is 0 Å². The zero-order valence-electron chi connectivity index (χ0n) is 11.4. The van der Waals surface area contributed by atoms with Gasteiger partial charge in [-0.25, -0.2) is 0 Å². The summed E-state index contributed by atoms with van der Waals surface area (Å²) in [6.07, 6.45) is 4.12. The van der Waals surface area contributed by atoms with Gasteiger partial charge in [0.1, 0.15) is 6.10 Å². The molecule has 4 heteroatoms. The van der Waals surface area contributed by atoms with E-state index >= 15 is 0 Å². The lowest BCUT2D eigenvalue weighted by Gasteiger charge is -2.18. The molecule has 1 aromatic carbocycles. The number of methoxy groups -OCH3 is 1. The number of nitrogens with two attached hydrogens (primary N) is 1. The van der Waals surface area contributed by atoms with Gasteiger partial charge in [-0.3, -0.25) is 0 Å². The molecule has 1 heterocycles. The van der Waals surface area contributed by atoms with Gasteiger partial charge in [0.25, 0.3) is 0 Å². The van der Waals surface area contributed by atoms with Gasteiger partial charge in [-0.2, -0.15) is 0 Å². The Labute approximate surface area is 113 Å². The van der Waals surface area contributed by atoms with E-state index in [1.807, 2.05) is 12.1 Å². The molecule has 1 aromatic rings. The van der Waals surface area contributed by atoms with Crippen molar-refractivity contribution in [3.05, 3.63) is 23.8 Å². The zero-order valence-corrected chi connectivity index (χ0v) is 11.4. The van der Waals surface area contributed by atoms with E-state index < -0.39 is 0 Å². The Morgan fingerprint density at radius 2 is 2.26 bits per heavy atom. The van der Waals surface area contributed by atoms with Crippen LogP contribution < -0.4 is 15.2 Å². The Kier molecular flexibility index (Phi) is 3.37. The summed E-state index contributed by atoms with van der Waals surface area (Å²) in [5.41, 5.74) is 7.31. The zero-order chi connectivity index (χ0) is 13.3. The maximum absolute atomic E-state index is 6.20. The first-order chi connectivity index (χ1) is 9.20. The van der Waals surface area contributed by atoms with E-state index in [2.05, 4.69) is 6.07 Å². The lowest BCUT2D eigenvalue weighted by atomic mass is 10.0. The van der Waals surface area contributed by atoms with Crippen molar-refractivity contribution >= 4 is 0 Å². The molecule has 2 aliphatic rings. The first-order valence-corrected chi connectivity index (χ1v) is 6.89. The van der Waals surface area contributed by atoms with E-state index in [9.17, 15) is 0 Å². The highest BCUT2D eigenvalue weighted by molar-refractivity contribution is 5.48. The van der Waals surface area contributed by atoms with Crippen LogP contribution in [-0.2, 0) is 11.2 Å². The molecule has 1 aliphatic carbocycles. The second-order valence-electron chi connectivity index (χ2n) is 5.59. The van der Waals surface area contributed by atoms with Gasteiger partial charge in [-0.1, -0.05) is 12.1 Å². The number of rotatable bonds is 5. The molecule has 0 amide bonds. The summed E-state index contributed by atoms with van der Waals surface area (Å²) < 4.78 is 16.9. The smallest absolute Gasteiger partial charge is 0.163 e. The normalized spacial score (nSPS) is 24.2. The molecule has 1 unspecified atom stereocenters. The largest absolute Gasteiger partial charge is 0.493 e. The molecular weight excluding hydrogens is 242 g/mol. The van der Waals surface area contributed by atoms with Crippen LogP contribution in [0.15, 0.2) is 18.2 Å². The van der Waals surface area contributed by atoms with Gasteiger partial charge >= 0.3 is 0 Å². The van der Waals surface area contributed by atoms with Gasteiger partial charge in [0.2, 0.25) is 0 Å². The van der Waals surface area contributed by atoms with Crippen molar-refractivity contribution in [2.45, 2.75) is 37.3 Å². The van der Waals surface area contributed by atoms with Crippen LogP contribution >= 0.6 is 0 Å². The van der Waals surface area contributed by atoms with E-state index in [1.165, 1.54) is 0 Å². The van der Waals surface area contributed by atoms with Crippen LogP contribution in [0.2, 0.25) is 0 Å². The fourth-order valence-electron chi connectivity index (χ4n) is 2.53. The standard InChI is InChI=1S/C15H21NO3/c1-17-14-11(9-15(16)6-7-15)3-2-4-13(14)19-12-5-8-18-10-12/h2-4,12H,5-10,16H2,1H3. The second-order valence-corrected chi connectivity index (χ2v) is 5.59. The lowest BCUT2D eigenvalue weighted by Crippen LogP contribution is -2.25. The van der Waals surface area contributed by atoms with E-state index in [-0.39, 0.29) is 11.6 Å². The Hall–Kier alpha value is -1.26. The van der Waals surface area contributed by atoms with Crippen molar-refractivity contribution < 1.29 is 14.2 Å². The van der Waals surface area contributed by atoms with Crippen molar-refractivity contribution in [1.29, 1.82) is 0 Å². The summed E-state index contributed by atoms with van der Waals surface area (Å²) in [6, 6.07) is 6.04. The van der Waals surface area contributed by atoms with E-state index in [4.69, 9.17) is 19.9 Å². The van der Waals surface area contributed by atoms with Gasteiger partial charge in [-0.05, 0) is 30.9 Å². The molecule has 1 atom stereocenters. The number of benzene rings is 1. The number of ether oxygens (including phenoxy) is 3. The monoisotopic (exact) mass is 263 g/mol. The molecule has 3 rings (SSSR count). The Morgan fingerprint density at radius 1 is 1.42 bits per heavy atom. The maximum Gasteiger partial charge on any atom is 0.163 e. The van der Waals surface area contributed by atoms with Gasteiger partial charge < -0.3 is 19.9 Å². The molecule has 1 saturated heterocycles. The summed E-state index contributed by atoms with van der Waals surface area (Å²) in [5, 5.41) is 0. The third kappa shape index (κ3) is 2.85. The van der Waals surface area contributed by atoms with Crippen molar-refractivity contribution in [3.63, 3.8) is 0 Å². The van der Waals surface area contributed by atoms with Crippen molar-refractivity contribution in [2.24, 2.45) is 5.73 Å². The Morgan fingerprint density at radius 3 is 2.89 bits per heavy atom. The van der Waals surface area contributed by atoms with Crippen LogP contribution in [0.5, 0.6) is 11.5 Å². The average Bonchev–Trinajstić information content (AvgIpc) is 2.91. The summed E-state index contributed by atoms with van der Waals surface area (Å²) in [5.74, 6) is 1.63. The van der Waals surface area contributed by atoms with Crippen LogP contribution in [0.25, 0.3) is 0 Å². The average molecular weight is 263 g/mol. The fraction of sp³-hybridized carbons (Fsp3) is 0.600. The number of hydrogen-bond donors (Lipinski definition) is 1. The van der Waals surface area contributed by atoms with Gasteiger partial charge in [-0.15, -0.1) is 0 Å². The molecule has 1 aliphatic heterocycles. The third-order valence-electron chi connectivity index (χ3n) is 3.88. The summed E-state index contributed by atoms with van der Waals surface area (Å²) in [4.78, 5) is 0. The Bertz CT molecular complexity index is 451. The predicted molar refractivity (Wildman–Crippen MR) is 72.7 cm³/mol. The van der Waals surface area contributed by atoms with E-state index in [0.29, 0.717) is 6.61 Å². The molecule has 0 aromatic heterocycles. The molecular formula is C15H21NO3. The van der Waals surface area contributed by atoms with E-state index in [1.54, 1.807) is 7.11 Å². The van der Waals surface area contributed by atoms with Gasteiger partial charge in [0, 0.05) is 12.0 Å². The fourth-order valence-corrected chi connectivity index (χ4v) is 2.53. The first kappa shape index (κ1) is 12.8. The number of hydrogen-bond acceptors (Lipinski definition) is 4. The number of para-hydroxylation sites is 1. The molecule has 104 valence electrons. The molecule has 2 fully saturated rings. The van der Waals surface area contributed by atoms with Crippen LogP contribution in [0.1, 0.15) is 24.8 Å². The highest BCUT2D eigenvalue weighted by atomic mass is 16.6. The summed E-state index contributed by atoms with van der Waals surface area (Å²) >= 11 is 0. The van der Waals surface area contributed by atoms with Crippen LogP contribution in [-0.4, -0.2) is 32.0 Å². The van der Waals surface area contributed by atoms with Gasteiger partial charge in [0.05, 0.1) is 20.3 Å². The predicted octanol–water partition coefficient (Wildman–Crippen LogP) is 1.90. The molecule has 19 heavy (non-hydrogen) atoms. The molecule has 0 radical (unpaired) electrons. The highest BCUT2D eigenvalue weighted by Gasteiger charge is 2.39. The van der Waals surface area contributed by atoms with Crippen LogP contribution in [0.4, 0.5) is 0 Å².